The van der Waals surface area contributed by atoms with E-state index >= 15 is 0 Å². The SMILES string of the molecule is C=C(N)N=C(C)/C(=C\C)CCCC(C)C. The van der Waals surface area contributed by atoms with Gasteiger partial charge in [0, 0.05) is 5.71 Å². The van der Waals surface area contributed by atoms with E-state index in [0.717, 1.165) is 18.1 Å². The van der Waals surface area contributed by atoms with Crippen molar-refractivity contribution in [2.24, 2.45) is 16.6 Å². The summed E-state index contributed by atoms with van der Waals surface area (Å²) in [5.74, 6) is 1.15. The van der Waals surface area contributed by atoms with E-state index in [4.69, 9.17) is 5.73 Å². The molecule has 0 aliphatic heterocycles. The predicted molar refractivity (Wildman–Crippen MR) is 68.9 cm³/mol. The van der Waals surface area contributed by atoms with Gasteiger partial charge in [0.25, 0.3) is 0 Å². The molecule has 0 aliphatic carbocycles. The van der Waals surface area contributed by atoms with Crippen molar-refractivity contribution >= 4 is 5.71 Å². The highest BCUT2D eigenvalue weighted by molar-refractivity contribution is 5.98. The highest BCUT2D eigenvalue weighted by atomic mass is 14.9. The first-order valence-electron chi connectivity index (χ1n) is 5.62. The summed E-state index contributed by atoms with van der Waals surface area (Å²) in [7, 11) is 0. The van der Waals surface area contributed by atoms with Crippen LogP contribution < -0.4 is 5.73 Å². The number of hydrogen-bond donors (Lipinski definition) is 1. The van der Waals surface area contributed by atoms with Gasteiger partial charge >= 0.3 is 0 Å². The topological polar surface area (TPSA) is 38.4 Å². The molecule has 0 unspecified atom stereocenters. The molecule has 0 amide bonds. The molecule has 0 aliphatic rings. The standard InChI is InChI=1S/C13H24N2/c1-6-13(9-7-8-10(2)3)11(4)15-12(5)14/h6,10H,5,7-9,14H2,1-4H3/b13-6-,15-11?. The quantitative estimate of drug-likeness (QED) is 0.665. The smallest absolute Gasteiger partial charge is 0.116 e. The molecule has 0 atom stereocenters. The summed E-state index contributed by atoms with van der Waals surface area (Å²) in [5.41, 5.74) is 7.73. The van der Waals surface area contributed by atoms with Crippen LogP contribution in [-0.2, 0) is 0 Å². The van der Waals surface area contributed by atoms with Crippen molar-refractivity contribution in [2.75, 3.05) is 0 Å². The second-order valence-corrected chi connectivity index (χ2v) is 4.29. The van der Waals surface area contributed by atoms with Gasteiger partial charge < -0.3 is 5.73 Å². The summed E-state index contributed by atoms with van der Waals surface area (Å²) in [6, 6.07) is 0. The van der Waals surface area contributed by atoms with E-state index in [1.807, 2.05) is 13.8 Å². The van der Waals surface area contributed by atoms with Crippen LogP contribution in [0.2, 0.25) is 0 Å². The van der Waals surface area contributed by atoms with Crippen LogP contribution in [0.3, 0.4) is 0 Å². The molecule has 86 valence electrons. The van der Waals surface area contributed by atoms with Crippen molar-refractivity contribution in [3.63, 3.8) is 0 Å². The second-order valence-electron chi connectivity index (χ2n) is 4.29. The van der Waals surface area contributed by atoms with Crippen LogP contribution in [-0.4, -0.2) is 5.71 Å². The van der Waals surface area contributed by atoms with Gasteiger partial charge in [0.15, 0.2) is 0 Å². The van der Waals surface area contributed by atoms with Gasteiger partial charge in [-0.3, -0.25) is 0 Å². The van der Waals surface area contributed by atoms with Gasteiger partial charge in [-0.1, -0.05) is 32.9 Å². The lowest BCUT2D eigenvalue weighted by Gasteiger charge is -2.08. The van der Waals surface area contributed by atoms with E-state index in [2.05, 4.69) is 31.5 Å². The lowest BCUT2D eigenvalue weighted by atomic mass is 10.00. The molecule has 0 spiro atoms. The van der Waals surface area contributed by atoms with Crippen molar-refractivity contribution in [1.29, 1.82) is 0 Å². The minimum absolute atomic E-state index is 0.385. The largest absolute Gasteiger partial charge is 0.384 e. The fourth-order valence-corrected chi connectivity index (χ4v) is 1.52. The van der Waals surface area contributed by atoms with Crippen LogP contribution in [0.1, 0.15) is 47.0 Å². The Hall–Kier alpha value is -1.05. The maximum Gasteiger partial charge on any atom is 0.116 e. The van der Waals surface area contributed by atoms with Gasteiger partial charge in [0.2, 0.25) is 0 Å². The van der Waals surface area contributed by atoms with Gasteiger partial charge in [-0.2, -0.15) is 0 Å². The molecular weight excluding hydrogens is 184 g/mol. The van der Waals surface area contributed by atoms with E-state index in [0.29, 0.717) is 5.82 Å². The molecule has 0 bridgehead atoms. The Morgan fingerprint density at radius 1 is 1.47 bits per heavy atom. The van der Waals surface area contributed by atoms with Gasteiger partial charge in [-0.05, 0) is 38.2 Å². The average molecular weight is 208 g/mol. The Balaban J connectivity index is 4.21. The summed E-state index contributed by atoms with van der Waals surface area (Å²) in [6.45, 7) is 12.1. The third kappa shape index (κ3) is 6.95. The number of hydrogen-bond acceptors (Lipinski definition) is 2. The Morgan fingerprint density at radius 3 is 2.47 bits per heavy atom. The summed E-state index contributed by atoms with van der Waals surface area (Å²) in [6.07, 6.45) is 5.66. The van der Waals surface area contributed by atoms with Crippen molar-refractivity contribution in [3.05, 3.63) is 24.0 Å². The first-order valence-corrected chi connectivity index (χ1v) is 5.62. The van der Waals surface area contributed by atoms with Gasteiger partial charge in [0.1, 0.15) is 5.82 Å². The van der Waals surface area contributed by atoms with Crippen molar-refractivity contribution in [2.45, 2.75) is 47.0 Å². The van der Waals surface area contributed by atoms with Gasteiger partial charge in [0.05, 0.1) is 0 Å². The molecule has 15 heavy (non-hydrogen) atoms. The van der Waals surface area contributed by atoms with Crippen LogP contribution in [0.4, 0.5) is 0 Å². The van der Waals surface area contributed by atoms with Crippen molar-refractivity contribution in [1.82, 2.24) is 0 Å². The van der Waals surface area contributed by atoms with E-state index in [1.165, 1.54) is 18.4 Å². The Bertz CT molecular complexity index is 260. The molecule has 0 rings (SSSR count). The summed E-state index contributed by atoms with van der Waals surface area (Å²) in [5, 5.41) is 0. The summed E-state index contributed by atoms with van der Waals surface area (Å²) >= 11 is 0. The Labute approximate surface area is 94.0 Å². The zero-order chi connectivity index (χ0) is 11.8. The normalized spacial score (nSPS) is 13.4. The fraction of sp³-hybridized carbons (Fsp3) is 0.615. The molecule has 0 aromatic carbocycles. The molecule has 0 aromatic rings. The first-order chi connectivity index (χ1) is 6.97. The minimum atomic E-state index is 0.385. The number of nitrogens with two attached hydrogens (primary N) is 1. The second kappa shape index (κ2) is 7.27. The van der Waals surface area contributed by atoms with E-state index < -0.39 is 0 Å². The number of nitrogens with zero attached hydrogens (tertiary/aromatic N) is 1. The predicted octanol–water partition coefficient (Wildman–Crippen LogP) is 3.65. The van der Waals surface area contributed by atoms with Crippen LogP contribution >= 0.6 is 0 Å². The number of aliphatic imine (C=N–C) groups is 1. The Morgan fingerprint density at radius 2 is 2.07 bits per heavy atom. The minimum Gasteiger partial charge on any atom is -0.384 e. The van der Waals surface area contributed by atoms with Gasteiger partial charge in [-0.15, -0.1) is 0 Å². The average Bonchev–Trinajstić information content (AvgIpc) is 2.10. The number of allylic oxidation sites excluding steroid dienone is 2. The summed E-state index contributed by atoms with van der Waals surface area (Å²) in [4.78, 5) is 4.18. The zero-order valence-corrected chi connectivity index (χ0v) is 10.5. The van der Waals surface area contributed by atoms with Gasteiger partial charge in [-0.25, -0.2) is 4.99 Å². The van der Waals surface area contributed by atoms with Crippen LogP contribution in [0.25, 0.3) is 0 Å². The van der Waals surface area contributed by atoms with Crippen molar-refractivity contribution < 1.29 is 0 Å². The molecule has 0 radical (unpaired) electrons. The third-order valence-electron chi connectivity index (χ3n) is 2.35. The fourth-order valence-electron chi connectivity index (χ4n) is 1.52. The summed E-state index contributed by atoms with van der Waals surface area (Å²) < 4.78 is 0. The highest BCUT2D eigenvalue weighted by Crippen LogP contribution is 2.13. The molecule has 0 fully saturated rings. The monoisotopic (exact) mass is 208 g/mol. The molecule has 2 heteroatoms. The van der Waals surface area contributed by atoms with Crippen LogP contribution in [0.5, 0.6) is 0 Å². The van der Waals surface area contributed by atoms with Crippen LogP contribution in [0, 0.1) is 5.92 Å². The molecule has 0 heterocycles. The van der Waals surface area contributed by atoms with E-state index in [9.17, 15) is 0 Å². The number of rotatable bonds is 6. The van der Waals surface area contributed by atoms with E-state index in [-0.39, 0.29) is 0 Å². The molecule has 2 N–H and O–H groups in total. The molecular formula is C13H24N2. The zero-order valence-electron chi connectivity index (χ0n) is 10.5. The molecule has 2 nitrogen and oxygen atoms in total. The Kier molecular flexibility index (Phi) is 6.76. The molecule has 0 aromatic heterocycles. The maximum absolute atomic E-state index is 5.45. The van der Waals surface area contributed by atoms with Crippen LogP contribution in [0.15, 0.2) is 29.0 Å². The lowest BCUT2D eigenvalue weighted by molar-refractivity contribution is 0.557. The first kappa shape index (κ1) is 13.9. The van der Waals surface area contributed by atoms with E-state index in [1.54, 1.807) is 0 Å². The third-order valence-corrected chi connectivity index (χ3v) is 2.35. The highest BCUT2D eigenvalue weighted by Gasteiger charge is 2.02. The van der Waals surface area contributed by atoms with Crippen molar-refractivity contribution in [3.8, 4) is 0 Å². The molecule has 0 saturated heterocycles. The maximum atomic E-state index is 5.45. The molecule has 0 saturated carbocycles. The lowest BCUT2D eigenvalue weighted by Crippen LogP contribution is -2.02.